The lowest BCUT2D eigenvalue weighted by Gasteiger charge is -2.09. The van der Waals surface area contributed by atoms with Crippen molar-refractivity contribution in [1.82, 2.24) is 9.38 Å². The van der Waals surface area contributed by atoms with Crippen LogP contribution in [0.4, 0.5) is 0 Å². The van der Waals surface area contributed by atoms with Gasteiger partial charge >= 0.3 is 0 Å². The minimum atomic E-state index is 0.627. The summed E-state index contributed by atoms with van der Waals surface area (Å²) >= 11 is 14.0. The number of rotatable bonds is 0. The van der Waals surface area contributed by atoms with E-state index in [2.05, 4.69) is 4.98 Å². The first-order valence-corrected chi connectivity index (χ1v) is 6.59. The molecule has 0 unspecified atom stereocenters. The van der Waals surface area contributed by atoms with E-state index in [-0.39, 0.29) is 0 Å². The van der Waals surface area contributed by atoms with Crippen molar-refractivity contribution in [3.05, 3.63) is 33.7 Å². The van der Waals surface area contributed by atoms with Crippen LogP contribution in [0, 0.1) is 0 Å². The highest BCUT2D eigenvalue weighted by Crippen LogP contribution is 2.29. The average molecular weight is 259 g/mol. The maximum absolute atomic E-state index is 6.11. The summed E-state index contributed by atoms with van der Waals surface area (Å²) in [4.78, 5) is 4.55. The molecule has 0 saturated heterocycles. The molecule has 3 heterocycles. The van der Waals surface area contributed by atoms with Gasteiger partial charge in [0.25, 0.3) is 0 Å². The van der Waals surface area contributed by atoms with Gasteiger partial charge in [-0.25, -0.2) is 4.98 Å². The Morgan fingerprint density at radius 2 is 2.27 bits per heavy atom. The van der Waals surface area contributed by atoms with Crippen LogP contribution in [-0.4, -0.2) is 15.1 Å². The molecule has 0 saturated carbocycles. The second-order valence-electron chi connectivity index (χ2n) is 3.51. The maximum Gasteiger partial charge on any atom is 0.156 e. The number of thioether (sulfide) groups is 1. The van der Waals surface area contributed by atoms with Gasteiger partial charge in [-0.15, -0.1) is 0 Å². The topological polar surface area (TPSA) is 17.3 Å². The number of aromatic nitrogens is 2. The van der Waals surface area contributed by atoms with Crippen molar-refractivity contribution in [2.45, 2.75) is 12.2 Å². The molecule has 1 aliphatic rings. The normalized spacial score (nSPS) is 15.6. The van der Waals surface area contributed by atoms with E-state index >= 15 is 0 Å². The maximum atomic E-state index is 6.11. The third-order valence-corrected chi connectivity index (χ3v) is 4.00. The van der Waals surface area contributed by atoms with Crippen LogP contribution < -0.4 is 0 Å². The third kappa shape index (κ3) is 1.53. The van der Waals surface area contributed by atoms with Crippen molar-refractivity contribution in [2.75, 3.05) is 5.75 Å². The number of hydrogen-bond donors (Lipinski definition) is 0. The molecule has 2 aromatic heterocycles. The standard InChI is InChI=1S/C10H8Cl2N2S/c11-6-3-7(12)10-13-8-1-2-15-5-9(8)14(10)4-6/h3-4H,1-2,5H2. The van der Waals surface area contributed by atoms with E-state index in [1.165, 1.54) is 5.69 Å². The molecule has 0 N–H and O–H groups in total. The molecule has 3 rings (SSSR count). The first kappa shape index (κ1) is 9.82. The molecular weight excluding hydrogens is 251 g/mol. The molecule has 0 fully saturated rings. The summed E-state index contributed by atoms with van der Waals surface area (Å²) in [5, 5.41) is 1.28. The van der Waals surface area contributed by atoms with E-state index in [0.29, 0.717) is 10.0 Å². The molecule has 2 aromatic rings. The highest BCUT2D eigenvalue weighted by Gasteiger charge is 2.17. The minimum absolute atomic E-state index is 0.627. The Morgan fingerprint density at radius 3 is 3.13 bits per heavy atom. The van der Waals surface area contributed by atoms with E-state index < -0.39 is 0 Å². The molecule has 2 nitrogen and oxygen atoms in total. The van der Waals surface area contributed by atoms with Gasteiger partial charge in [0.05, 0.1) is 21.4 Å². The summed E-state index contributed by atoms with van der Waals surface area (Å²) in [6.07, 6.45) is 2.91. The smallest absolute Gasteiger partial charge is 0.156 e. The molecule has 15 heavy (non-hydrogen) atoms. The van der Waals surface area contributed by atoms with Gasteiger partial charge in [-0.05, 0) is 11.8 Å². The molecule has 0 aliphatic carbocycles. The molecule has 0 amide bonds. The minimum Gasteiger partial charge on any atom is -0.300 e. The predicted octanol–water partition coefficient (Wildman–Crippen LogP) is 3.43. The number of fused-ring (bicyclic) bond motifs is 3. The molecule has 1 aliphatic heterocycles. The summed E-state index contributed by atoms with van der Waals surface area (Å²) < 4.78 is 2.02. The van der Waals surface area contributed by atoms with Gasteiger partial charge in [0.1, 0.15) is 0 Å². The lowest BCUT2D eigenvalue weighted by molar-refractivity contribution is 0.992. The van der Waals surface area contributed by atoms with Crippen molar-refractivity contribution in [2.24, 2.45) is 0 Å². The Kier molecular flexibility index (Phi) is 2.34. The summed E-state index contributed by atoms with van der Waals surface area (Å²) in [5.74, 6) is 2.13. The van der Waals surface area contributed by atoms with Crippen LogP contribution in [0.25, 0.3) is 5.65 Å². The van der Waals surface area contributed by atoms with Gasteiger partial charge in [0, 0.05) is 18.4 Å². The van der Waals surface area contributed by atoms with E-state index in [0.717, 1.165) is 29.3 Å². The number of aryl methyl sites for hydroxylation is 1. The number of imidazole rings is 1. The van der Waals surface area contributed by atoms with Crippen molar-refractivity contribution in [1.29, 1.82) is 0 Å². The van der Waals surface area contributed by atoms with Crippen LogP contribution in [-0.2, 0) is 12.2 Å². The first-order valence-electron chi connectivity index (χ1n) is 4.68. The van der Waals surface area contributed by atoms with E-state index in [9.17, 15) is 0 Å². The van der Waals surface area contributed by atoms with Crippen molar-refractivity contribution >= 4 is 40.6 Å². The number of hydrogen-bond acceptors (Lipinski definition) is 2. The van der Waals surface area contributed by atoms with Crippen LogP contribution in [0.3, 0.4) is 0 Å². The second kappa shape index (κ2) is 3.58. The van der Waals surface area contributed by atoms with Gasteiger partial charge < -0.3 is 4.40 Å². The van der Waals surface area contributed by atoms with Crippen molar-refractivity contribution < 1.29 is 0 Å². The number of nitrogens with zero attached hydrogens (tertiary/aromatic N) is 2. The molecule has 0 atom stereocenters. The van der Waals surface area contributed by atoms with Crippen LogP contribution in [0.15, 0.2) is 12.3 Å². The molecule has 0 bridgehead atoms. The van der Waals surface area contributed by atoms with Gasteiger partial charge in [-0.2, -0.15) is 11.8 Å². The first-order chi connectivity index (χ1) is 7.25. The Bertz CT molecular complexity index is 536. The predicted molar refractivity (Wildman–Crippen MR) is 65.1 cm³/mol. The number of halogens is 2. The summed E-state index contributed by atoms with van der Waals surface area (Å²) in [7, 11) is 0. The Labute approximate surface area is 102 Å². The van der Waals surface area contributed by atoms with Crippen LogP contribution in [0.1, 0.15) is 11.4 Å². The second-order valence-corrected chi connectivity index (χ2v) is 5.46. The molecule has 0 aromatic carbocycles. The van der Waals surface area contributed by atoms with Crippen LogP contribution in [0.2, 0.25) is 10.0 Å². The quantitative estimate of drug-likeness (QED) is 0.721. The van der Waals surface area contributed by atoms with Crippen molar-refractivity contribution in [3.63, 3.8) is 0 Å². The molecular formula is C10H8Cl2N2S. The lowest BCUT2D eigenvalue weighted by Crippen LogP contribution is -2.03. The fraction of sp³-hybridized carbons (Fsp3) is 0.300. The van der Waals surface area contributed by atoms with Gasteiger partial charge in [-0.1, -0.05) is 23.2 Å². The molecule has 78 valence electrons. The van der Waals surface area contributed by atoms with Crippen LogP contribution in [0.5, 0.6) is 0 Å². The summed E-state index contributed by atoms with van der Waals surface area (Å²) in [6.45, 7) is 0. The van der Waals surface area contributed by atoms with Gasteiger partial charge in [0.15, 0.2) is 5.65 Å². The zero-order valence-corrected chi connectivity index (χ0v) is 10.2. The monoisotopic (exact) mass is 258 g/mol. The largest absolute Gasteiger partial charge is 0.300 e. The van der Waals surface area contributed by atoms with E-state index in [4.69, 9.17) is 23.2 Å². The van der Waals surface area contributed by atoms with Gasteiger partial charge in [-0.3, -0.25) is 0 Å². The summed E-state index contributed by atoms with van der Waals surface area (Å²) in [5.41, 5.74) is 3.23. The zero-order chi connectivity index (χ0) is 10.4. The van der Waals surface area contributed by atoms with Gasteiger partial charge in [0.2, 0.25) is 0 Å². The molecule has 0 radical (unpaired) electrons. The third-order valence-electron chi connectivity index (χ3n) is 2.55. The lowest BCUT2D eigenvalue weighted by atomic mass is 10.3. The number of pyridine rings is 1. The fourth-order valence-electron chi connectivity index (χ4n) is 1.86. The Balaban J connectivity index is 2.37. The highest BCUT2D eigenvalue weighted by molar-refractivity contribution is 7.98. The average Bonchev–Trinajstić information content (AvgIpc) is 2.57. The van der Waals surface area contributed by atoms with E-state index in [1.807, 2.05) is 22.4 Å². The van der Waals surface area contributed by atoms with Crippen molar-refractivity contribution in [3.8, 4) is 0 Å². The van der Waals surface area contributed by atoms with E-state index in [1.54, 1.807) is 6.07 Å². The molecule has 5 heteroatoms. The molecule has 0 spiro atoms. The Morgan fingerprint density at radius 1 is 1.40 bits per heavy atom. The SMILES string of the molecule is Clc1cc(Cl)c2nc3c(n2c1)CSCC3. The zero-order valence-electron chi connectivity index (χ0n) is 7.83. The van der Waals surface area contributed by atoms with Crippen LogP contribution >= 0.6 is 35.0 Å². The Hall–Kier alpha value is -0.380. The highest BCUT2D eigenvalue weighted by atomic mass is 35.5. The summed E-state index contributed by atoms with van der Waals surface area (Å²) in [6, 6.07) is 1.74. The fourth-order valence-corrected chi connectivity index (χ4v) is 3.35.